The van der Waals surface area contributed by atoms with Crippen LogP contribution in [0.2, 0.25) is 0 Å². The molecule has 1 aromatic heterocycles. The minimum atomic E-state index is -1.48. The summed E-state index contributed by atoms with van der Waals surface area (Å²) in [7, 11) is 1.31. The third-order valence-corrected chi connectivity index (χ3v) is 6.28. The number of aromatic hydroxyl groups is 1. The highest BCUT2D eigenvalue weighted by molar-refractivity contribution is 6.08. The SMILES string of the molecule is COc1ccc2c(c1F)C(=O)N(C[C@@]1(C#Cc3ccc(-c4ncccc4O)cc3)CC(=O)NC1=O)C2. The van der Waals surface area contributed by atoms with Crippen molar-refractivity contribution in [1.29, 1.82) is 0 Å². The number of aromatic nitrogens is 1. The van der Waals surface area contributed by atoms with Crippen LogP contribution in [0.25, 0.3) is 11.3 Å². The van der Waals surface area contributed by atoms with Crippen molar-refractivity contribution in [2.75, 3.05) is 13.7 Å². The van der Waals surface area contributed by atoms with Crippen molar-refractivity contribution in [3.05, 3.63) is 77.2 Å². The second-order valence-corrected chi connectivity index (χ2v) is 8.61. The van der Waals surface area contributed by atoms with Crippen molar-refractivity contribution in [3.63, 3.8) is 0 Å². The molecule has 1 saturated heterocycles. The maximum absolute atomic E-state index is 14.7. The average Bonchev–Trinajstić information content (AvgIpc) is 3.33. The summed E-state index contributed by atoms with van der Waals surface area (Å²) in [6.07, 6.45) is 1.35. The Morgan fingerprint density at radius 3 is 2.61 bits per heavy atom. The third-order valence-electron chi connectivity index (χ3n) is 6.28. The number of hydrogen-bond acceptors (Lipinski definition) is 6. The Labute approximate surface area is 205 Å². The molecule has 3 heterocycles. The molecule has 8 nitrogen and oxygen atoms in total. The summed E-state index contributed by atoms with van der Waals surface area (Å²) in [4.78, 5) is 43.5. The quantitative estimate of drug-likeness (QED) is 0.435. The molecule has 0 saturated carbocycles. The van der Waals surface area contributed by atoms with Crippen molar-refractivity contribution in [2.24, 2.45) is 5.41 Å². The van der Waals surface area contributed by atoms with E-state index >= 15 is 0 Å². The second kappa shape index (κ2) is 8.82. The molecule has 9 heteroatoms. The van der Waals surface area contributed by atoms with E-state index in [1.54, 1.807) is 42.6 Å². The summed E-state index contributed by atoms with van der Waals surface area (Å²) in [5, 5.41) is 12.3. The molecule has 36 heavy (non-hydrogen) atoms. The molecule has 0 bridgehead atoms. The maximum Gasteiger partial charge on any atom is 0.257 e. The van der Waals surface area contributed by atoms with E-state index in [-0.39, 0.29) is 36.6 Å². The number of rotatable bonds is 4. The average molecular weight is 485 g/mol. The van der Waals surface area contributed by atoms with E-state index in [1.807, 2.05) is 0 Å². The first kappa shape index (κ1) is 23.1. The number of halogens is 1. The van der Waals surface area contributed by atoms with Gasteiger partial charge in [-0.15, -0.1) is 0 Å². The standard InChI is InChI=1S/C27H20FN3O5/c1-36-20-9-8-18-14-31(25(34)22(18)23(20)28)15-27(13-21(33)30-26(27)35)11-10-16-4-6-17(7-5-16)24-19(32)3-2-12-29-24/h2-9,12,32H,13-15H2,1H3,(H,30,33,35)/t27-/m1/s1. The number of benzene rings is 2. The number of amides is 3. The second-order valence-electron chi connectivity index (χ2n) is 8.61. The molecule has 0 unspecified atom stereocenters. The normalized spacial score (nSPS) is 18.5. The van der Waals surface area contributed by atoms with E-state index in [9.17, 15) is 23.9 Å². The molecule has 0 spiro atoms. The van der Waals surface area contributed by atoms with Gasteiger partial charge in [-0.1, -0.05) is 30.0 Å². The molecule has 1 fully saturated rings. The fraction of sp³-hybridized carbons (Fsp3) is 0.185. The summed E-state index contributed by atoms with van der Waals surface area (Å²) >= 11 is 0. The fourth-order valence-electron chi connectivity index (χ4n) is 4.44. The lowest BCUT2D eigenvalue weighted by molar-refractivity contribution is -0.127. The molecule has 5 rings (SSSR count). The highest BCUT2D eigenvalue weighted by atomic mass is 19.1. The van der Waals surface area contributed by atoms with Gasteiger partial charge in [-0.05, 0) is 35.9 Å². The molecular formula is C27H20FN3O5. The van der Waals surface area contributed by atoms with Crippen LogP contribution in [-0.2, 0) is 16.1 Å². The predicted molar refractivity (Wildman–Crippen MR) is 126 cm³/mol. The van der Waals surface area contributed by atoms with Gasteiger partial charge in [0, 0.05) is 30.4 Å². The molecule has 2 aliphatic heterocycles. The van der Waals surface area contributed by atoms with Crippen LogP contribution < -0.4 is 10.1 Å². The van der Waals surface area contributed by atoms with Crippen molar-refractivity contribution in [1.82, 2.24) is 15.2 Å². The highest BCUT2D eigenvalue weighted by Gasteiger charge is 2.49. The van der Waals surface area contributed by atoms with E-state index in [2.05, 4.69) is 22.1 Å². The van der Waals surface area contributed by atoms with Gasteiger partial charge in [-0.25, -0.2) is 4.39 Å². The van der Waals surface area contributed by atoms with E-state index in [0.29, 0.717) is 22.4 Å². The monoisotopic (exact) mass is 485 g/mol. The summed E-state index contributed by atoms with van der Waals surface area (Å²) in [6.45, 7) is -0.0883. The Hall–Kier alpha value is -4.71. The molecule has 1 atom stereocenters. The zero-order chi connectivity index (χ0) is 25.4. The number of nitrogens with one attached hydrogen (secondary N) is 1. The Bertz CT molecular complexity index is 1470. The van der Waals surface area contributed by atoms with Crippen LogP contribution in [0.5, 0.6) is 11.5 Å². The van der Waals surface area contributed by atoms with Gasteiger partial charge in [0.15, 0.2) is 11.6 Å². The van der Waals surface area contributed by atoms with Crippen LogP contribution in [0.4, 0.5) is 4.39 Å². The summed E-state index contributed by atoms with van der Waals surface area (Å²) in [5.41, 5.74) is 0.556. The van der Waals surface area contributed by atoms with Crippen molar-refractivity contribution >= 4 is 17.7 Å². The van der Waals surface area contributed by atoms with E-state index in [4.69, 9.17) is 4.74 Å². The lowest BCUT2D eigenvalue weighted by Gasteiger charge is -2.25. The molecule has 180 valence electrons. The van der Waals surface area contributed by atoms with Crippen molar-refractivity contribution < 1.29 is 28.6 Å². The van der Waals surface area contributed by atoms with Crippen molar-refractivity contribution in [3.8, 4) is 34.6 Å². The first-order valence-corrected chi connectivity index (χ1v) is 11.1. The minimum Gasteiger partial charge on any atom is -0.506 e. The molecule has 0 aliphatic carbocycles. The topological polar surface area (TPSA) is 109 Å². The van der Waals surface area contributed by atoms with Crippen LogP contribution in [0.15, 0.2) is 54.7 Å². The van der Waals surface area contributed by atoms with Crippen molar-refractivity contribution in [2.45, 2.75) is 13.0 Å². The van der Waals surface area contributed by atoms with E-state index in [1.165, 1.54) is 24.1 Å². The summed E-state index contributed by atoms with van der Waals surface area (Å²) in [5.74, 6) is 3.41. The van der Waals surface area contributed by atoms with E-state index in [0.717, 1.165) is 0 Å². The van der Waals surface area contributed by atoms with Crippen LogP contribution in [0.3, 0.4) is 0 Å². The van der Waals surface area contributed by atoms with Crippen LogP contribution >= 0.6 is 0 Å². The Morgan fingerprint density at radius 2 is 1.94 bits per heavy atom. The van der Waals surface area contributed by atoms with Gasteiger partial charge in [0.25, 0.3) is 5.91 Å². The number of imide groups is 1. The Balaban J connectivity index is 1.43. The molecule has 2 aromatic carbocycles. The third kappa shape index (κ3) is 3.92. The maximum atomic E-state index is 14.7. The van der Waals surface area contributed by atoms with Gasteiger partial charge >= 0.3 is 0 Å². The van der Waals surface area contributed by atoms with Crippen LogP contribution in [0, 0.1) is 23.1 Å². The lowest BCUT2D eigenvalue weighted by atomic mass is 9.85. The lowest BCUT2D eigenvalue weighted by Crippen LogP contribution is -2.42. The van der Waals surface area contributed by atoms with Gasteiger partial charge in [0.05, 0.1) is 19.1 Å². The first-order chi connectivity index (χ1) is 17.3. The smallest absolute Gasteiger partial charge is 0.257 e. The van der Waals surface area contributed by atoms with E-state index < -0.39 is 29.0 Å². The molecular weight excluding hydrogens is 465 g/mol. The van der Waals surface area contributed by atoms with Crippen LogP contribution in [-0.4, -0.2) is 46.4 Å². The number of carbonyl (C=O) groups excluding carboxylic acids is 3. The number of fused-ring (bicyclic) bond motifs is 1. The largest absolute Gasteiger partial charge is 0.506 e. The molecule has 2 aliphatic rings. The minimum absolute atomic E-state index is 0.0433. The number of pyridine rings is 1. The molecule has 0 radical (unpaired) electrons. The number of nitrogens with zero attached hydrogens (tertiary/aromatic N) is 2. The van der Waals surface area contributed by atoms with Gasteiger partial charge in [0.2, 0.25) is 11.8 Å². The Morgan fingerprint density at radius 1 is 1.17 bits per heavy atom. The number of carbonyl (C=O) groups is 3. The van der Waals surface area contributed by atoms with Crippen LogP contribution in [0.1, 0.15) is 27.9 Å². The first-order valence-electron chi connectivity index (χ1n) is 11.1. The highest BCUT2D eigenvalue weighted by Crippen LogP contribution is 2.35. The number of ether oxygens (including phenoxy) is 1. The Kier molecular flexibility index (Phi) is 5.65. The number of hydrogen-bond donors (Lipinski definition) is 2. The molecule has 3 aromatic rings. The predicted octanol–water partition coefficient (Wildman–Crippen LogP) is 2.64. The van der Waals surface area contributed by atoms with Gasteiger partial charge < -0.3 is 14.7 Å². The van der Waals surface area contributed by atoms with Gasteiger partial charge in [0.1, 0.15) is 16.9 Å². The summed E-state index contributed by atoms with van der Waals surface area (Å²) < 4.78 is 19.7. The van der Waals surface area contributed by atoms with Gasteiger partial charge in [-0.3, -0.25) is 24.7 Å². The van der Waals surface area contributed by atoms with Gasteiger partial charge in [-0.2, -0.15) is 0 Å². The molecule has 3 amide bonds. The zero-order valence-corrected chi connectivity index (χ0v) is 19.2. The fourth-order valence-corrected chi connectivity index (χ4v) is 4.44. The number of methoxy groups -OCH3 is 1. The molecule has 2 N–H and O–H groups in total. The zero-order valence-electron chi connectivity index (χ0n) is 19.2. The summed E-state index contributed by atoms with van der Waals surface area (Å²) in [6, 6.07) is 13.1.